The molecule has 104 valence electrons. The zero-order valence-electron chi connectivity index (χ0n) is 11.2. The van der Waals surface area contributed by atoms with E-state index >= 15 is 0 Å². The van der Waals surface area contributed by atoms with Crippen LogP contribution in [0, 0.1) is 5.82 Å². The number of halogens is 1. The molecule has 20 heavy (non-hydrogen) atoms. The van der Waals surface area contributed by atoms with Crippen molar-refractivity contribution in [3.8, 4) is 0 Å². The second-order valence-corrected chi connectivity index (χ2v) is 5.24. The van der Waals surface area contributed by atoms with Crippen LogP contribution in [0.4, 0.5) is 4.39 Å². The summed E-state index contributed by atoms with van der Waals surface area (Å²) in [6, 6.07) is 13.7. The molecule has 0 radical (unpaired) electrons. The van der Waals surface area contributed by atoms with Crippen LogP contribution in [0.3, 0.4) is 0 Å². The first-order chi connectivity index (χ1) is 9.54. The Morgan fingerprint density at radius 3 is 2.20 bits per heavy atom. The Hall–Kier alpha value is -1.81. The van der Waals surface area contributed by atoms with E-state index in [1.54, 1.807) is 24.1 Å². The summed E-state index contributed by atoms with van der Waals surface area (Å²) in [4.78, 5) is 14.6. The predicted molar refractivity (Wildman–Crippen MR) is 80.3 cm³/mol. The molecule has 2 rings (SSSR count). The molecule has 0 spiro atoms. The van der Waals surface area contributed by atoms with Crippen molar-refractivity contribution in [2.75, 3.05) is 7.05 Å². The van der Waals surface area contributed by atoms with Crippen molar-refractivity contribution in [2.45, 2.75) is 17.9 Å². The van der Waals surface area contributed by atoms with Gasteiger partial charge >= 0.3 is 0 Å². The van der Waals surface area contributed by atoms with E-state index in [-0.39, 0.29) is 11.7 Å². The number of carbonyl (C=O) groups excluding carboxylic acids is 1. The lowest BCUT2D eigenvalue weighted by molar-refractivity contribution is -0.129. The summed E-state index contributed by atoms with van der Waals surface area (Å²) in [5, 5.41) is 0. The van der Waals surface area contributed by atoms with Crippen LogP contribution in [0.15, 0.2) is 53.4 Å². The largest absolute Gasteiger partial charge is 0.341 e. The van der Waals surface area contributed by atoms with Crippen LogP contribution in [0.1, 0.15) is 11.1 Å². The highest BCUT2D eigenvalue weighted by Crippen LogP contribution is 2.11. The van der Waals surface area contributed by atoms with Gasteiger partial charge in [-0.05, 0) is 35.4 Å². The summed E-state index contributed by atoms with van der Waals surface area (Å²) in [5.41, 5.74) is 1.87. The molecule has 2 aromatic carbocycles. The minimum atomic E-state index is -0.269. The van der Waals surface area contributed by atoms with Gasteiger partial charge in [-0.25, -0.2) is 4.39 Å². The smallest absolute Gasteiger partial charge is 0.227 e. The Labute approximate surface area is 123 Å². The lowest BCUT2D eigenvalue weighted by Crippen LogP contribution is -2.27. The molecule has 0 saturated heterocycles. The van der Waals surface area contributed by atoms with Gasteiger partial charge in [-0.3, -0.25) is 4.79 Å². The van der Waals surface area contributed by atoms with Gasteiger partial charge < -0.3 is 4.90 Å². The van der Waals surface area contributed by atoms with E-state index in [1.807, 2.05) is 24.3 Å². The lowest BCUT2D eigenvalue weighted by atomic mass is 10.1. The van der Waals surface area contributed by atoms with Crippen LogP contribution < -0.4 is 0 Å². The van der Waals surface area contributed by atoms with Crippen molar-refractivity contribution < 1.29 is 9.18 Å². The molecule has 0 N–H and O–H groups in total. The number of thiol groups is 1. The lowest BCUT2D eigenvalue weighted by Gasteiger charge is -2.17. The second kappa shape index (κ2) is 6.57. The second-order valence-electron chi connectivity index (χ2n) is 4.72. The maximum absolute atomic E-state index is 12.8. The minimum absolute atomic E-state index is 0.0289. The van der Waals surface area contributed by atoms with Gasteiger partial charge in [0.1, 0.15) is 5.82 Å². The molecule has 0 heterocycles. The van der Waals surface area contributed by atoms with E-state index in [4.69, 9.17) is 0 Å². The molecule has 4 heteroatoms. The zero-order valence-corrected chi connectivity index (χ0v) is 12.1. The minimum Gasteiger partial charge on any atom is -0.341 e. The van der Waals surface area contributed by atoms with E-state index in [0.29, 0.717) is 13.0 Å². The molecule has 0 bridgehead atoms. The summed E-state index contributed by atoms with van der Waals surface area (Å²) in [7, 11) is 1.75. The third kappa shape index (κ3) is 4.10. The number of likely N-dealkylation sites (N-methyl/N-ethyl adjacent to an activating group) is 1. The monoisotopic (exact) mass is 289 g/mol. The number of benzene rings is 2. The average molecular weight is 289 g/mol. The molecular formula is C16H16FNOS. The van der Waals surface area contributed by atoms with Gasteiger partial charge in [0.2, 0.25) is 5.91 Å². The van der Waals surface area contributed by atoms with Crippen LogP contribution in [0.25, 0.3) is 0 Å². The number of hydrogen-bond donors (Lipinski definition) is 1. The number of nitrogens with zero attached hydrogens (tertiary/aromatic N) is 1. The first-order valence-corrected chi connectivity index (χ1v) is 6.75. The standard InChI is InChI=1S/C16H16FNOS/c1-18(11-13-2-6-14(17)7-3-13)16(19)10-12-4-8-15(20)9-5-12/h2-9,20H,10-11H2,1H3. The molecular weight excluding hydrogens is 273 g/mol. The molecule has 0 fully saturated rings. The Balaban J connectivity index is 1.94. The van der Waals surface area contributed by atoms with Gasteiger partial charge in [-0.2, -0.15) is 0 Å². The molecule has 2 aromatic rings. The van der Waals surface area contributed by atoms with Crippen LogP contribution in [-0.2, 0) is 17.8 Å². The molecule has 0 aromatic heterocycles. The van der Waals surface area contributed by atoms with E-state index in [0.717, 1.165) is 16.0 Å². The Bertz CT molecular complexity index is 580. The van der Waals surface area contributed by atoms with Gasteiger partial charge in [0.25, 0.3) is 0 Å². The van der Waals surface area contributed by atoms with Crippen molar-refractivity contribution in [1.82, 2.24) is 4.90 Å². The van der Waals surface area contributed by atoms with Crippen molar-refractivity contribution in [3.05, 3.63) is 65.5 Å². The van der Waals surface area contributed by atoms with E-state index in [9.17, 15) is 9.18 Å². The van der Waals surface area contributed by atoms with Gasteiger partial charge in [0.05, 0.1) is 6.42 Å². The zero-order chi connectivity index (χ0) is 14.5. The van der Waals surface area contributed by atoms with Crippen LogP contribution in [-0.4, -0.2) is 17.9 Å². The molecule has 0 aliphatic carbocycles. The maximum Gasteiger partial charge on any atom is 0.227 e. The Morgan fingerprint density at radius 1 is 1.05 bits per heavy atom. The Kier molecular flexibility index (Phi) is 4.79. The number of amides is 1. The summed E-state index contributed by atoms with van der Waals surface area (Å²) in [6.07, 6.45) is 0.353. The normalized spacial score (nSPS) is 10.3. The average Bonchev–Trinajstić information content (AvgIpc) is 2.44. The molecule has 1 amide bonds. The number of carbonyl (C=O) groups is 1. The highest BCUT2D eigenvalue weighted by Gasteiger charge is 2.10. The van der Waals surface area contributed by atoms with Gasteiger partial charge in [-0.1, -0.05) is 24.3 Å². The van der Waals surface area contributed by atoms with E-state index in [2.05, 4.69) is 12.6 Å². The van der Waals surface area contributed by atoms with Crippen molar-refractivity contribution >= 4 is 18.5 Å². The highest BCUT2D eigenvalue weighted by molar-refractivity contribution is 7.80. The van der Waals surface area contributed by atoms with Gasteiger partial charge in [0, 0.05) is 18.5 Å². The number of hydrogen-bond acceptors (Lipinski definition) is 2. The van der Waals surface area contributed by atoms with Crippen molar-refractivity contribution in [2.24, 2.45) is 0 Å². The number of rotatable bonds is 4. The quantitative estimate of drug-likeness (QED) is 0.856. The fourth-order valence-electron chi connectivity index (χ4n) is 1.88. The predicted octanol–water partition coefficient (Wildman–Crippen LogP) is 3.32. The fraction of sp³-hybridized carbons (Fsp3) is 0.188. The van der Waals surface area contributed by atoms with Gasteiger partial charge in [-0.15, -0.1) is 12.6 Å². The third-order valence-electron chi connectivity index (χ3n) is 3.05. The summed E-state index contributed by atoms with van der Waals surface area (Å²) >= 11 is 4.21. The first kappa shape index (κ1) is 14.6. The summed E-state index contributed by atoms with van der Waals surface area (Å²) in [6.45, 7) is 0.476. The molecule has 0 saturated carbocycles. The van der Waals surface area contributed by atoms with Crippen LogP contribution in [0.5, 0.6) is 0 Å². The molecule has 0 unspecified atom stereocenters. The van der Waals surface area contributed by atoms with Crippen LogP contribution >= 0.6 is 12.6 Å². The highest BCUT2D eigenvalue weighted by atomic mass is 32.1. The van der Waals surface area contributed by atoms with Crippen molar-refractivity contribution in [1.29, 1.82) is 0 Å². The topological polar surface area (TPSA) is 20.3 Å². The third-order valence-corrected chi connectivity index (χ3v) is 3.35. The summed E-state index contributed by atoms with van der Waals surface area (Å²) < 4.78 is 12.8. The maximum atomic E-state index is 12.8. The van der Waals surface area contributed by atoms with E-state index in [1.165, 1.54) is 12.1 Å². The van der Waals surface area contributed by atoms with Crippen LogP contribution in [0.2, 0.25) is 0 Å². The molecule has 2 nitrogen and oxygen atoms in total. The Morgan fingerprint density at radius 2 is 1.60 bits per heavy atom. The summed E-state index contributed by atoms with van der Waals surface area (Å²) in [5.74, 6) is -0.240. The van der Waals surface area contributed by atoms with E-state index < -0.39 is 0 Å². The molecule has 0 aliphatic heterocycles. The van der Waals surface area contributed by atoms with Gasteiger partial charge in [0.15, 0.2) is 0 Å². The molecule has 0 atom stereocenters. The van der Waals surface area contributed by atoms with Crippen molar-refractivity contribution in [3.63, 3.8) is 0 Å². The SMILES string of the molecule is CN(Cc1ccc(F)cc1)C(=O)Cc1ccc(S)cc1. The molecule has 0 aliphatic rings. The fourth-order valence-corrected chi connectivity index (χ4v) is 2.02. The first-order valence-electron chi connectivity index (χ1n) is 6.31.